The first-order chi connectivity index (χ1) is 14.5. The van der Waals surface area contributed by atoms with Gasteiger partial charge in [0.15, 0.2) is 5.75 Å². The Morgan fingerprint density at radius 2 is 1.83 bits per heavy atom. The van der Waals surface area contributed by atoms with Crippen molar-refractivity contribution in [2.24, 2.45) is 5.10 Å². The summed E-state index contributed by atoms with van der Waals surface area (Å²) in [4.78, 5) is 11.2. The van der Waals surface area contributed by atoms with Crippen LogP contribution >= 0.6 is 0 Å². The Kier molecular flexibility index (Phi) is 6.64. The van der Waals surface area contributed by atoms with E-state index in [1.165, 1.54) is 19.4 Å². The second-order valence-electron chi connectivity index (χ2n) is 6.78. The summed E-state index contributed by atoms with van der Waals surface area (Å²) in [7, 11) is 1.45. The number of aryl methyl sites for hydroxylation is 2. The van der Waals surface area contributed by atoms with Crippen molar-refractivity contribution in [2.75, 3.05) is 12.5 Å². The second-order valence-corrected chi connectivity index (χ2v) is 6.78. The number of rotatable bonds is 8. The van der Waals surface area contributed by atoms with Crippen molar-refractivity contribution in [1.82, 2.24) is 0 Å². The summed E-state index contributed by atoms with van der Waals surface area (Å²) in [5.74, 6) is 0.365. The molecule has 0 amide bonds. The van der Waals surface area contributed by atoms with Gasteiger partial charge in [0.1, 0.15) is 6.61 Å². The number of hydrogen-bond donors (Lipinski definition) is 1. The second kappa shape index (κ2) is 9.56. The molecule has 3 rings (SSSR count). The molecule has 0 atom stereocenters. The topological polar surface area (TPSA) is 86.0 Å². The van der Waals surface area contributed by atoms with Crippen LogP contribution in [0.25, 0.3) is 0 Å². The van der Waals surface area contributed by atoms with Crippen LogP contribution in [-0.2, 0) is 6.61 Å². The van der Waals surface area contributed by atoms with E-state index in [4.69, 9.17) is 9.47 Å². The third kappa shape index (κ3) is 5.14. The molecule has 1 N–H and O–H groups in total. The van der Waals surface area contributed by atoms with Crippen LogP contribution < -0.4 is 14.9 Å². The van der Waals surface area contributed by atoms with E-state index in [0.29, 0.717) is 5.56 Å². The molecule has 0 radical (unpaired) electrons. The van der Waals surface area contributed by atoms with Crippen LogP contribution in [0.1, 0.15) is 22.3 Å². The van der Waals surface area contributed by atoms with Crippen molar-refractivity contribution >= 4 is 17.6 Å². The largest absolute Gasteiger partial charge is 0.493 e. The zero-order valence-corrected chi connectivity index (χ0v) is 17.1. The van der Waals surface area contributed by atoms with Gasteiger partial charge >= 0.3 is 5.69 Å². The fourth-order valence-electron chi connectivity index (χ4n) is 2.85. The SMILES string of the molecule is COc1cc(/C=N/Nc2ccc(C)cc2)cc([N+](=O)[O-])c1OCc1ccccc1C. The minimum atomic E-state index is -0.486. The molecule has 0 aliphatic carbocycles. The lowest BCUT2D eigenvalue weighted by Crippen LogP contribution is -2.04. The zero-order chi connectivity index (χ0) is 21.5. The quantitative estimate of drug-likeness (QED) is 0.314. The summed E-state index contributed by atoms with van der Waals surface area (Å²) in [6, 6.07) is 18.5. The Balaban J connectivity index is 1.83. The maximum absolute atomic E-state index is 11.7. The van der Waals surface area contributed by atoms with Gasteiger partial charge in [-0.25, -0.2) is 0 Å². The first-order valence-electron chi connectivity index (χ1n) is 9.37. The average molecular weight is 405 g/mol. The molecule has 0 fully saturated rings. The molecule has 0 saturated carbocycles. The molecule has 0 bridgehead atoms. The van der Waals surface area contributed by atoms with Crippen molar-refractivity contribution < 1.29 is 14.4 Å². The Labute approximate surface area is 175 Å². The number of benzene rings is 3. The Morgan fingerprint density at radius 3 is 2.50 bits per heavy atom. The highest BCUT2D eigenvalue weighted by Crippen LogP contribution is 2.38. The summed E-state index contributed by atoms with van der Waals surface area (Å²) in [5.41, 5.74) is 7.19. The van der Waals surface area contributed by atoms with E-state index >= 15 is 0 Å². The molecule has 0 spiro atoms. The van der Waals surface area contributed by atoms with Gasteiger partial charge in [0.2, 0.25) is 5.75 Å². The Morgan fingerprint density at radius 1 is 1.10 bits per heavy atom. The highest BCUT2D eigenvalue weighted by molar-refractivity contribution is 5.83. The fourth-order valence-corrected chi connectivity index (χ4v) is 2.85. The third-order valence-electron chi connectivity index (χ3n) is 4.57. The minimum absolute atomic E-state index is 0.0920. The Hall–Kier alpha value is -3.87. The lowest BCUT2D eigenvalue weighted by Gasteiger charge is -2.13. The standard InChI is InChI=1S/C23H23N3O4/c1-16-8-10-20(11-9-16)25-24-14-18-12-21(26(27)28)23(22(13-18)29-3)30-15-19-7-5-4-6-17(19)2/h4-14,25H,15H2,1-3H3/b24-14+. The highest BCUT2D eigenvalue weighted by atomic mass is 16.6. The molecular weight excluding hydrogens is 382 g/mol. The molecule has 30 heavy (non-hydrogen) atoms. The van der Waals surface area contributed by atoms with Crippen molar-refractivity contribution in [1.29, 1.82) is 0 Å². The monoisotopic (exact) mass is 405 g/mol. The molecule has 0 aromatic heterocycles. The van der Waals surface area contributed by atoms with E-state index < -0.39 is 4.92 Å². The van der Waals surface area contributed by atoms with E-state index in [1.54, 1.807) is 6.07 Å². The van der Waals surface area contributed by atoms with Crippen molar-refractivity contribution in [3.63, 3.8) is 0 Å². The predicted octanol–water partition coefficient (Wildman–Crippen LogP) is 5.25. The zero-order valence-electron chi connectivity index (χ0n) is 17.1. The Bertz CT molecular complexity index is 1060. The first-order valence-corrected chi connectivity index (χ1v) is 9.37. The van der Waals surface area contributed by atoms with Gasteiger partial charge in [-0.15, -0.1) is 0 Å². The lowest BCUT2D eigenvalue weighted by atomic mass is 10.1. The molecule has 0 saturated heterocycles. The molecule has 3 aromatic carbocycles. The van der Waals surface area contributed by atoms with E-state index in [-0.39, 0.29) is 23.8 Å². The van der Waals surface area contributed by atoms with E-state index in [0.717, 1.165) is 22.4 Å². The van der Waals surface area contributed by atoms with Crippen LogP contribution in [-0.4, -0.2) is 18.2 Å². The smallest absolute Gasteiger partial charge is 0.315 e. The van der Waals surface area contributed by atoms with Gasteiger partial charge in [-0.2, -0.15) is 5.10 Å². The van der Waals surface area contributed by atoms with Gasteiger partial charge in [0.05, 0.1) is 23.9 Å². The molecule has 7 heteroatoms. The molecule has 3 aromatic rings. The molecule has 0 aliphatic rings. The normalized spacial score (nSPS) is 10.8. The highest BCUT2D eigenvalue weighted by Gasteiger charge is 2.22. The van der Waals surface area contributed by atoms with Gasteiger partial charge in [-0.3, -0.25) is 15.5 Å². The van der Waals surface area contributed by atoms with Crippen LogP contribution in [0, 0.1) is 24.0 Å². The summed E-state index contributed by atoms with van der Waals surface area (Å²) >= 11 is 0. The van der Waals surface area contributed by atoms with Gasteiger partial charge < -0.3 is 9.47 Å². The van der Waals surface area contributed by atoms with Gasteiger partial charge in [-0.05, 0) is 43.2 Å². The maximum Gasteiger partial charge on any atom is 0.315 e. The van der Waals surface area contributed by atoms with Crippen LogP contribution in [0.3, 0.4) is 0 Å². The number of ether oxygens (including phenoxy) is 2. The van der Waals surface area contributed by atoms with Crippen molar-refractivity contribution in [2.45, 2.75) is 20.5 Å². The number of nitro groups is 1. The average Bonchev–Trinajstić information content (AvgIpc) is 2.74. The number of anilines is 1. The molecular formula is C23H23N3O4. The van der Waals surface area contributed by atoms with Gasteiger partial charge in [-0.1, -0.05) is 42.0 Å². The van der Waals surface area contributed by atoms with E-state index in [2.05, 4.69) is 10.5 Å². The molecule has 7 nitrogen and oxygen atoms in total. The van der Waals surface area contributed by atoms with Crippen LogP contribution in [0.15, 0.2) is 65.8 Å². The lowest BCUT2D eigenvalue weighted by molar-refractivity contribution is -0.386. The van der Waals surface area contributed by atoms with E-state index in [9.17, 15) is 10.1 Å². The molecule has 0 unspecified atom stereocenters. The van der Waals surface area contributed by atoms with E-state index in [1.807, 2.05) is 62.4 Å². The number of nitro benzene ring substituents is 1. The number of hydrazone groups is 1. The number of methoxy groups -OCH3 is 1. The summed E-state index contributed by atoms with van der Waals surface area (Å²) in [6.07, 6.45) is 1.50. The number of nitrogens with zero attached hydrogens (tertiary/aromatic N) is 2. The summed E-state index contributed by atoms with van der Waals surface area (Å²) in [5, 5.41) is 15.8. The summed E-state index contributed by atoms with van der Waals surface area (Å²) < 4.78 is 11.2. The number of nitrogens with one attached hydrogen (secondary N) is 1. The van der Waals surface area contributed by atoms with Crippen LogP contribution in [0.2, 0.25) is 0 Å². The van der Waals surface area contributed by atoms with Crippen LogP contribution in [0.4, 0.5) is 11.4 Å². The number of hydrogen-bond acceptors (Lipinski definition) is 6. The first kappa shape index (κ1) is 20.9. The van der Waals surface area contributed by atoms with Crippen LogP contribution in [0.5, 0.6) is 11.5 Å². The molecule has 0 heterocycles. The van der Waals surface area contributed by atoms with Crippen molar-refractivity contribution in [3.05, 3.63) is 93.0 Å². The fraction of sp³-hybridized carbons (Fsp3) is 0.174. The maximum atomic E-state index is 11.7. The van der Waals surface area contributed by atoms with Gasteiger partial charge in [0.25, 0.3) is 0 Å². The van der Waals surface area contributed by atoms with Gasteiger partial charge in [0, 0.05) is 11.6 Å². The molecule has 0 aliphatic heterocycles. The van der Waals surface area contributed by atoms with Crippen molar-refractivity contribution in [3.8, 4) is 11.5 Å². The third-order valence-corrected chi connectivity index (χ3v) is 4.57. The summed E-state index contributed by atoms with van der Waals surface area (Å²) in [6.45, 7) is 4.17. The predicted molar refractivity (Wildman–Crippen MR) is 118 cm³/mol. The molecule has 154 valence electrons. The minimum Gasteiger partial charge on any atom is -0.493 e.